The van der Waals surface area contributed by atoms with Crippen LogP contribution in [0.1, 0.15) is 10.4 Å². The molecular weight excluding hydrogens is 398 g/mol. The van der Waals surface area contributed by atoms with E-state index in [2.05, 4.69) is 15.4 Å². The maximum atomic E-state index is 12.2. The van der Waals surface area contributed by atoms with Gasteiger partial charge in [0.05, 0.1) is 17.2 Å². The Morgan fingerprint density at radius 3 is 2.61 bits per heavy atom. The molecule has 0 bridgehead atoms. The first-order valence-corrected chi connectivity index (χ1v) is 8.43. The molecule has 0 aliphatic carbocycles. The molecule has 0 spiro atoms. The van der Waals surface area contributed by atoms with Gasteiger partial charge in [0.25, 0.3) is 5.91 Å². The van der Waals surface area contributed by atoms with E-state index in [1.54, 1.807) is 18.2 Å². The van der Waals surface area contributed by atoms with Gasteiger partial charge in [-0.15, -0.1) is 0 Å². The Morgan fingerprint density at radius 2 is 1.93 bits per heavy atom. The van der Waals surface area contributed by atoms with Gasteiger partial charge in [-0.1, -0.05) is 23.7 Å². The summed E-state index contributed by atoms with van der Waals surface area (Å²) in [6.45, 7) is -3.46. The number of carbonyl (C=O) groups is 2. The minimum Gasteiger partial charge on any atom is -0.452 e. The van der Waals surface area contributed by atoms with E-state index in [4.69, 9.17) is 21.4 Å². The van der Waals surface area contributed by atoms with Gasteiger partial charge >= 0.3 is 12.6 Å². The van der Waals surface area contributed by atoms with E-state index < -0.39 is 25.1 Å². The van der Waals surface area contributed by atoms with Gasteiger partial charge in [-0.3, -0.25) is 4.79 Å². The fourth-order valence-corrected chi connectivity index (χ4v) is 2.41. The van der Waals surface area contributed by atoms with Gasteiger partial charge in [-0.2, -0.15) is 8.78 Å². The Morgan fingerprint density at radius 1 is 1.18 bits per heavy atom. The highest BCUT2D eigenvalue weighted by Crippen LogP contribution is 2.28. The number of esters is 1. The molecule has 0 atom stereocenters. The molecule has 0 heterocycles. The second kappa shape index (κ2) is 10.4. The monoisotopic (exact) mass is 414 g/mol. The molecule has 0 aromatic heterocycles. The zero-order chi connectivity index (χ0) is 20.5. The first kappa shape index (κ1) is 21.4. The summed E-state index contributed by atoms with van der Waals surface area (Å²) in [6.07, 6.45) is 0. The van der Waals surface area contributed by atoms with Crippen molar-refractivity contribution in [2.24, 2.45) is 0 Å². The van der Waals surface area contributed by atoms with Crippen LogP contribution in [0.4, 0.5) is 20.2 Å². The van der Waals surface area contributed by atoms with Crippen LogP contribution >= 0.6 is 11.6 Å². The molecular formula is C18H17ClF2N2O5. The number of benzene rings is 2. The van der Waals surface area contributed by atoms with Crippen LogP contribution in [-0.2, 0) is 9.53 Å². The molecule has 0 saturated carbocycles. The summed E-state index contributed by atoms with van der Waals surface area (Å²) in [6, 6.07) is 10.2. The molecule has 0 fully saturated rings. The third-order valence-electron chi connectivity index (χ3n) is 3.34. The average molecular weight is 415 g/mol. The number of nitrogens with one attached hydrogen (secondary N) is 2. The number of anilines is 2. The molecule has 0 saturated heterocycles. The Hall–Kier alpha value is -2.91. The van der Waals surface area contributed by atoms with E-state index in [1.807, 2.05) is 0 Å². The number of carbonyl (C=O) groups excluding carboxylic acids is 2. The molecule has 0 aliphatic rings. The predicted molar refractivity (Wildman–Crippen MR) is 99.0 cm³/mol. The van der Waals surface area contributed by atoms with Crippen LogP contribution in [0.25, 0.3) is 0 Å². The molecule has 2 aromatic carbocycles. The molecule has 1 amide bonds. The Kier molecular flexibility index (Phi) is 7.97. The molecule has 0 radical (unpaired) electrons. The van der Waals surface area contributed by atoms with Crippen molar-refractivity contribution in [3.63, 3.8) is 0 Å². The van der Waals surface area contributed by atoms with E-state index in [0.29, 0.717) is 5.69 Å². The number of aliphatic hydroxyl groups excluding tert-OH is 1. The number of ether oxygens (including phenoxy) is 2. The summed E-state index contributed by atoms with van der Waals surface area (Å²) in [4.78, 5) is 24.1. The number of halogens is 3. The number of hydrogen-bond acceptors (Lipinski definition) is 6. The lowest BCUT2D eigenvalue weighted by molar-refractivity contribution is -0.119. The number of amides is 1. The molecule has 2 rings (SSSR count). The van der Waals surface area contributed by atoms with Gasteiger partial charge in [0.15, 0.2) is 6.61 Å². The maximum Gasteiger partial charge on any atom is 0.387 e. The van der Waals surface area contributed by atoms with Crippen LogP contribution in [0.15, 0.2) is 42.5 Å². The summed E-state index contributed by atoms with van der Waals surface area (Å²) in [7, 11) is 0. The zero-order valence-electron chi connectivity index (χ0n) is 14.5. The number of rotatable bonds is 9. The van der Waals surface area contributed by atoms with Crippen LogP contribution in [0.2, 0.25) is 5.02 Å². The van der Waals surface area contributed by atoms with Gasteiger partial charge in [0.1, 0.15) is 5.75 Å². The van der Waals surface area contributed by atoms with Crippen molar-refractivity contribution in [3.05, 3.63) is 53.1 Å². The smallest absolute Gasteiger partial charge is 0.387 e. The highest BCUT2D eigenvalue weighted by Gasteiger charge is 2.15. The van der Waals surface area contributed by atoms with Crippen LogP contribution < -0.4 is 15.4 Å². The third kappa shape index (κ3) is 6.36. The van der Waals surface area contributed by atoms with E-state index in [-0.39, 0.29) is 35.2 Å². The fourth-order valence-electron chi connectivity index (χ4n) is 2.18. The second-order valence-corrected chi connectivity index (χ2v) is 5.75. The van der Waals surface area contributed by atoms with Crippen molar-refractivity contribution in [3.8, 4) is 5.75 Å². The SMILES string of the molecule is O=C(COC(=O)c1ccccc1NCCO)Nc1ccc(OC(F)F)c(Cl)c1. The lowest BCUT2D eigenvalue weighted by Crippen LogP contribution is -2.21. The maximum absolute atomic E-state index is 12.2. The minimum atomic E-state index is -3.02. The first-order chi connectivity index (χ1) is 13.4. The van der Waals surface area contributed by atoms with Crippen molar-refractivity contribution >= 4 is 34.9 Å². The lowest BCUT2D eigenvalue weighted by atomic mass is 10.2. The quantitative estimate of drug-likeness (QED) is 0.545. The van der Waals surface area contributed by atoms with Crippen molar-refractivity contribution < 1.29 is 33.0 Å². The second-order valence-electron chi connectivity index (χ2n) is 5.34. The number of para-hydroxylation sites is 1. The van der Waals surface area contributed by atoms with Crippen LogP contribution in [0.5, 0.6) is 5.75 Å². The van der Waals surface area contributed by atoms with Gasteiger partial charge in [0, 0.05) is 17.9 Å². The lowest BCUT2D eigenvalue weighted by Gasteiger charge is -2.12. The molecule has 28 heavy (non-hydrogen) atoms. The van der Waals surface area contributed by atoms with Crippen LogP contribution in [0.3, 0.4) is 0 Å². The molecule has 150 valence electrons. The molecule has 7 nitrogen and oxygen atoms in total. The zero-order valence-corrected chi connectivity index (χ0v) is 15.2. The largest absolute Gasteiger partial charge is 0.452 e. The van der Waals surface area contributed by atoms with Crippen LogP contribution in [0, 0.1) is 0 Å². The highest BCUT2D eigenvalue weighted by molar-refractivity contribution is 6.32. The molecule has 3 N–H and O–H groups in total. The first-order valence-electron chi connectivity index (χ1n) is 8.06. The normalized spacial score (nSPS) is 10.5. The highest BCUT2D eigenvalue weighted by atomic mass is 35.5. The summed E-state index contributed by atoms with van der Waals surface area (Å²) >= 11 is 5.80. The van der Waals surface area contributed by atoms with Crippen molar-refractivity contribution in [1.29, 1.82) is 0 Å². The van der Waals surface area contributed by atoms with Gasteiger partial charge in [0.2, 0.25) is 0 Å². The Bertz CT molecular complexity index is 835. The van der Waals surface area contributed by atoms with Gasteiger partial charge in [-0.25, -0.2) is 4.79 Å². The van der Waals surface area contributed by atoms with E-state index >= 15 is 0 Å². The molecule has 10 heteroatoms. The third-order valence-corrected chi connectivity index (χ3v) is 3.64. The number of aliphatic hydroxyl groups is 1. The fraction of sp³-hybridized carbons (Fsp3) is 0.222. The predicted octanol–water partition coefficient (Wildman–Crippen LogP) is 3.14. The summed E-state index contributed by atoms with van der Waals surface area (Å²) in [5.41, 5.74) is 0.890. The van der Waals surface area contributed by atoms with Crippen molar-refractivity contribution in [1.82, 2.24) is 0 Å². The van der Waals surface area contributed by atoms with E-state index in [9.17, 15) is 18.4 Å². The van der Waals surface area contributed by atoms with Gasteiger partial charge in [-0.05, 0) is 30.3 Å². The Labute approximate surface area is 164 Å². The van der Waals surface area contributed by atoms with E-state index in [1.165, 1.54) is 24.3 Å². The van der Waals surface area contributed by atoms with Gasteiger partial charge < -0.3 is 25.2 Å². The van der Waals surface area contributed by atoms with Crippen molar-refractivity contribution in [2.45, 2.75) is 6.61 Å². The Balaban J connectivity index is 1.92. The molecule has 2 aromatic rings. The molecule has 0 unspecified atom stereocenters. The minimum absolute atomic E-state index is 0.112. The summed E-state index contributed by atoms with van der Waals surface area (Å²) in [5, 5.41) is 14.0. The standard InChI is InChI=1S/C18H17ClF2N2O5/c19-13-9-11(5-6-15(13)28-18(20)21)23-16(25)10-27-17(26)12-3-1-2-4-14(12)22-7-8-24/h1-6,9,18,22,24H,7-8,10H2,(H,23,25). The molecule has 0 aliphatic heterocycles. The topological polar surface area (TPSA) is 96.9 Å². The number of hydrogen-bond donors (Lipinski definition) is 3. The average Bonchev–Trinajstić information content (AvgIpc) is 2.66. The van der Waals surface area contributed by atoms with Crippen molar-refractivity contribution in [2.75, 3.05) is 30.4 Å². The number of alkyl halides is 2. The summed E-state index contributed by atoms with van der Waals surface area (Å²) in [5.74, 6) is -1.60. The van der Waals surface area contributed by atoms with Crippen LogP contribution in [-0.4, -0.2) is 43.4 Å². The van der Waals surface area contributed by atoms with E-state index in [0.717, 1.165) is 0 Å². The summed E-state index contributed by atoms with van der Waals surface area (Å²) < 4.78 is 33.6.